The number of nitrogens with two attached hydrogens (primary N) is 1. The van der Waals surface area contributed by atoms with E-state index in [-0.39, 0.29) is 18.2 Å². The maximum absolute atomic E-state index is 11.5. The molecule has 0 spiro atoms. The number of carbonyl (C=O) groups excluding carboxylic acids is 2. The summed E-state index contributed by atoms with van der Waals surface area (Å²) in [6.45, 7) is 7.39. The Morgan fingerprint density at radius 1 is 1.11 bits per heavy atom. The molecule has 0 aliphatic rings. The van der Waals surface area contributed by atoms with E-state index in [1.165, 1.54) is 0 Å². The van der Waals surface area contributed by atoms with Gasteiger partial charge in [-0.3, -0.25) is 14.5 Å². The lowest BCUT2D eigenvalue weighted by Crippen LogP contribution is -2.38. The second-order valence-electron chi connectivity index (χ2n) is 4.14. The second kappa shape index (κ2) is 11.9. The van der Waals surface area contributed by atoms with Crippen molar-refractivity contribution in [3.05, 3.63) is 0 Å². The van der Waals surface area contributed by atoms with Crippen molar-refractivity contribution < 1.29 is 14.4 Å². The zero-order chi connectivity index (χ0) is 14.5. The smallest absolute Gasteiger partial charge is 0.234 e. The molecule has 7 nitrogen and oxygen atoms in total. The Kier molecular flexibility index (Phi) is 11.1. The highest BCUT2D eigenvalue weighted by Gasteiger charge is 2.07. The van der Waals surface area contributed by atoms with E-state index >= 15 is 0 Å². The fourth-order valence-electron chi connectivity index (χ4n) is 1.49. The first-order valence-corrected chi connectivity index (χ1v) is 6.71. The van der Waals surface area contributed by atoms with Crippen LogP contribution in [-0.2, 0) is 14.4 Å². The molecule has 0 bridgehead atoms. The molecular formula is C12H26N4O3. The highest BCUT2D eigenvalue weighted by Crippen LogP contribution is 1.86. The molecule has 0 heterocycles. The van der Waals surface area contributed by atoms with E-state index in [9.17, 15) is 9.59 Å². The predicted octanol–water partition coefficient (Wildman–Crippen LogP) is -0.769. The minimum atomic E-state index is -0.0832. The number of carbonyl (C=O) groups is 2. The van der Waals surface area contributed by atoms with Crippen molar-refractivity contribution in [1.82, 2.24) is 15.5 Å². The monoisotopic (exact) mass is 274 g/mol. The number of nitrogens with zero attached hydrogens (tertiary/aromatic N) is 1. The first-order chi connectivity index (χ1) is 9.13. The van der Waals surface area contributed by atoms with Gasteiger partial charge in [-0.05, 0) is 19.5 Å². The molecule has 0 atom stereocenters. The van der Waals surface area contributed by atoms with E-state index in [1.54, 1.807) is 0 Å². The topological polar surface area (TPSA) is 96.7 Å². The van der Waals surface area contributed by atoms with Gasteiger partial charge in [0.1, 0.15) is 0 Å². The van der Waals surface area contributed by atoms with E-state index in [0.717, 1.165) is 13.1 Å². The Hall–Kier alpha value is -1.18. The highest BCUT2D eigenvalue weighted by atomic mass is 16.6. The highest BCUT2D eigenvalue weighted by molar-refractivity contribution is 5.80. The SMILES string of the molecule is CCN(CC)CC(=O)NCCC(=O)NCCCON. The first kappa shape index (κ1) is 17.8. The standard InChI is InChI=1S/C12H26N4O3/c1-3-16(4-2)10-12(18)15-8-6-11(17)14-7-5-9-19-13/h3-10,13H2,1-2H3,(H,14,17)(H,15,18). The van der Waals surface area contributed by atoms with Crippen LogP contribution >= 0.6 is 0 Å². The fourth-order valence-corrected chi connectivity index (χ4v) is 1.49. The summed E-state index contributed by atoms with van der Waals surface area (Å²) < 4.78 is 0. The molecule has 0 radical (unpaired) electrons. The van der Waals surface area contributed by atoms with E-state index < -0.39 is 0 Å². The zero-order valence-corrected chi connectivity index (χ0v) is 11.9. The number of amides is 2. The van der Waals surface area contributed by atoms with Crippen LogP contribution < -0.4 is 16.5 Å². The largest absolute Gasteiger partial charge is 0.356 e. The average molecular weight is 274 g/mol. The van der Waals surface area contributed by atoms with E-state index in [0.29, 0.717) is 32.7 Å². The molecule has 0 rings (SSSR count). The molecule has 0 unspecified atom stereocenters. The third kappa shape index (κ3) is 10.4. The van der Waals surface area contributed by atoms with Gasteiger partial charge in [0.05, 0.1) is 13.2 Å². The quantitative estimate of drug-likeness (QED) is 0.340. The molecule has 7 heteroatoms. The molecule has 19 heavy (non-hydrogen) atoms. The van der Waals surface area contributed by atoms with Gasteiger partial charge in [0.25, 0.3) is 0 Å². The van der Waals surface area contributed by atoms with Crippen molar-refractivity contribution >= 4 is 11.8 Å². The van der Waals surface area contributed by atoms with Crippen molar-refractivity contribution in [2.24, 2.45) is 5.90 Å². The Morgan fingerprint density at radius 3 is 2.32 bits per heavy atom. The van der Waals surface area contributed by atoms with Crippen LogP contribution in [0.4, 0.5) is 0 Å². The zero-order valence-electron chi connectivity index (χ0n) is 11.9. The Bertz CT molecular complexity index is 257. The van der Waals surface area contributed by atoms with Crippen LogP contribution in [0, 0.1) is 0 Å². The van der Waals surface area contributed by atoms with Crippen molar-refractivity contribution in [1.29, 1.82) is 0 Å². The number of rotatable bonds is 11. The van der Waals surface area contributed by atoms with Crippen LogP contribution in [0.15, 0.2) is 0 Å². The summed E-state index contributed by atoms with van der Waals surface area (Å²) in [5, 5.41) is 5.45. The normalized spacial score (nSPS) is 10.5. The van der Waals surface area contributed by atoms with Crippen LogP contribution in [0.3, 0.4) is 0 Å². The molecule has 0 aliphatic carbocycles. The summed E-state index contributed by atoms with van der Waals surface area (Å²) in [7, 11) is 0. The van der Waals surface area contributed by atoms with Crippen LogP contribution in [0.2, 0.25) is 0 Å². The van der Waals surface area contributed by atoms with Gasteiger partial charge in [-0.2, -0.15) is 0 Å². The second-order valence-corrected chi connectivity index (χ2v) is 4.14. The Balaban J connectivity index is 3.55. The minimum absolute atomic E-state index is 0.0481. The Morgan fingerprint density at radius 2 is 1.74 bits per heavy atom. The van der Waals surface area contributed by atoms with Crippen molar-refractivity contribution in [2.45, 2.75) is 26.7 Å². The summed E-state index contributed by atoms with van der Waals surface area (Å²) in [5.74, 6) is 4.73. The van der Waals surface area contributed by atoms with Gasteiger partial charge in [-0.1, -0.05) is 13.8 Å². The van der Waals surface area contributed by atoms with E-state index in [1.807, 2.05) is 18.7 Å². The molecule has 4 N–H and O–H groups in total. The molecule has 0 aromatic rings. The third-order valence-electron chi connectivity index (χ3n) is 2.70. The molecular weight excluding hydrogens is 248 g/mol. The molecule has 0 aromatic heterocycles. The minimum Gasteiger partial charge on any atom is -0.356 e. The van der Waals surface area contributed by atoms with Gasteiger partial charge in [0.15, 0.2) is 0 Å². The van der Waals surface area contributed by atoms with Gasteiger partial charge in [0, 0.05) is 19.5 Å². The molecule has 112 valence electrons. The molecule has 0 aliphatic heterocycles. The van der Waals surface area contributed by atoms with Gasteiger partial charge in [-0.15, -0.1) is 0 Å². The summed E-state index contributed by atoms with van der Waals surface area (Å²) >= 11 is 0. The lowest BCUT2D eigenvalue weighted by molar-refractivity contribution is -0.123. The molecule has 0 aromatic carbocycles. The summed E-state index contributed by atoms with van der Waals surface area (Å²) in [6, 6.07) is 0. The van der Waals surface area contributed by atoms with Crippen molar-refractivity contribution in [3.63, 3.8) is 0 Å². The maximum Gasteiger partial charge on any atom is 0.234 e. The summed E-state index contributed by atoms with van der Waals surface area (Å²) in [4.78, 5) is 29.3. The lowest BCUT2D eigenvalue weighted by atomic mass is 10.3. The first-order valence-electron chi connectivity index (χ1n) is 6.71. The number of hydrogen-bond acceptors (Lipinski definition) is 5. The van der Waals surface area contributed by atoms with E-state index in [2.05, 4.69) is 15.5 Å². The molecule has 0 fully saturated rings. The number of nitrogens with one attached hydrogen (secondary N) is 2. The van der Waals surface area contributed by atoms with Crippen LogP contribution in [0.5, 0.6) is 0 Å². The average Bonchev–Trinajstić information content (AvgIpc) is 2.41. The third-order valence-corrected chi connectivity index (χ3v) is 2.70. The summed E-state index contributed by atoms with van der Waals surface area (Å²) in [6.07, 6.45) is 0.962. The lowest BCUT2D eigenvalue weighted by Gasteiger charge is -2.17. The molecule has 0 saturated heterocycles. The fraction of sp³-hybridized carbons (Fsp3) is 0.833. The molecule has 2 amide bonds. The van der Waals surface area contributed by atoms with Crippen molar-refractivity contribution in [2.75, 3.05) is 39.3 Å². The maximum atomic E-state index is 11.5. The van der Waals surface area contributed by atoms with Gasteiger partial charge < -0.3 is 15.5 Å². The van der Waals surface area contributed by atoms with E-state index in [4.69, 9.17) is 5.90 Å². The van der Waals surface area contributed by atoms with Crippen LogP contribution in [0.25, 0.3) is 0 Å². The predicted molar refractivity (Wildman–Crippen MR) is 73.2 cm³/mol. The molecule has 0 saturated carbocycles. The summed E-state index contributed by atoms with van der Waals surface area (Å²) in [5.41, 5.74) is 0. The van der Waals surface area contributed by atoms with Crippen LogP contribution in [0.1, 0.15) is 26.7 Å². The van der Waals surface area contributed by atoms with Gasteiger partial charge in [-0.25, -0.2) is 5.90 Å². The van der Waals surface area contributed by atoms with Gasteiger partial charge in [0.2, 0.25) is 11.8 Å². The van der Waals surface area contributed by atoms with Gasteiger partial charge >= 0.3 is 0 Å². The number of hydrogen-bond donors (Lipinski definition) is 3. The Labute approximate surface area is 114 Å². The van der Waals surface area contributed by atoms with Crippen LogP contribution in [-0.4, -0.2) is 56.0 Å². The number of likely N-dealkylation sites (N-methyl/N-ethyl adjacent to an activating group) is 1. The van der Waals surface area contributed by atoms with Crippen molar-refractivity contribution in [3.8, 4) is 0 Å².